The summed E-state index contributed by atoms with van der Waals surface area (Å²) in [5.41, 5.74) is 4.46. The Labute approximate surface area is 111 Å². The average Bonchev–Trinajstić information content (AvgIpc) is 2.46. The van der Waals surface area contributed by atoms with Crippen LogP contribution in [0.1, 0.15) is 42.9 Å². The second kappa shape index (κ2) is 6.39. The summed E-state index contributed by atoms with van der Waals surface area (Å²) < 4.78 is 0. The van der Waals surface area contributed by atoms with E-state index in [4.69, 9.17) is 0 Å². The summed E-state index contributed by atoms with van der Waals surface area (Å²) in [5.74, 6) is 0.635. The smallest absolute Gasteiger partial charge is 0.0187 e. The number of benzene rings is 2. The fourth-order valence-corrected chi connectivity index (χ4v) is 2.47. The van der Waals surface area contributed by atoms with Gasteiger partial charge < -0.3 is 0 Å². The molecule has 0 radical (unpaired) electrons. The van der Waals surface area contributed by atoms with E-state index >= 15 is 0 Å². The molecule has 2 aromatic rings. The molecule has 0 aromatic heterocycles. The van der Waals surface area contributed by atoms with Gasteiger partial charge in [0.15, 0.2) is 0 Å². The van der Waals surface area contributed by atoms with Crippen LogP contribution >= 0.6 is 0 Å². The fraction of sp³-hybridized carbons (Fsp3) is 0.333. The van der Waals surface area contributed by atoms with Crippen molar-refractivity contribution >= 4 is 0 Å². The van der Waals surface area contributed by atoms with E-state index in [1.165, 1.54) is 29.5 Å². The van der Waals surface area contributed by atoms with Gasteiger partial charge in [0.1, 0.15) is 0 Å². The fourth-order valence-electron chi connectivity index (χ4n) is 2.47. The minimum atomic E-state index is 0.635. The lowest BCUT2D eigenvalue weighted by Gasteiger charge is -2.13. The summed E-state index contributed by atoms with van der Waals surface area (Å²) in [6, 6.07) is 19.6. The molecule has 18 heavy (non-hydrogen) atoms. The molecule has 0 aliphatic rings. The number of rotatable bonds is 5. The first-order valence-corrected chi connectivity index (χ1v) is 6.93. The van der Waals surface area contributed by atoms with Crippen molar-refractivity contribution < 1.29 is 0 Å². The van der Waals surface area contributed by atoms with Gasteiger partial charge in [-0.05, 0) is 41.9 Å². The third kappa shape index (κ3) is 3.22. The molecule has 0 nitrogen and oxygen atoms in total. The van der Waals surface area contributed by atoms with E-state index in [2.05, 4.69) is 68.4 Å². The van der Waals surface area contributed by atoms with Crippen molar-refractivity contribution in [2.45, 2.75) is 39.0 Å². The molecule has 0 fully saturated rings. The lowest BCUT2D eigenvalue weighted by atomic mass is 9.92. The number of hydrogen-bond acceptors (Lipinski definition) is 0. The summed E-state index contributed by atoms with van der Waals surface area (Å²) in [5, 5.41) is 0. The SMILES string of the molecule is CCc1ccccc1CCC(C)c1ccccc1. The minimum absolute atomic E-state index is 0.635. The monoisotopic (exact) mass is 238 g/mol. The van der Waals surface area contributed by atoms with Gasteiger partial charge in [-0.25, -0.2) is 0 Å². The highest BCUT2D eigenvalue weighted by Crippen LogP contribution is 2.22. The molecule has 0 aliphatic heterocycles. The molecule has 0 heteroatoms. The van der Waals surface area contributed by atoms with Crippen molar-refractivity contribution in [3.05, 3.63) is 71.3 Å². The number of hydrogen-bond donors (Lipinski definition) is 0. The second-order valence-electron chi connectivity index (χ2n) is 4.97. The molecule has 1 atom stereocenters. The molecule has 2 aromatic carbocycles. The molecule has 0 heterocycles. The van der Waals surface area contributed by atoms with Gasteiger partial charge in [-0.3, -0.25) is 0 Å². The molecule has 0 N–H and O–H groups in total. The van der Waals surface area contributed by atoms with Crippen LogP contribution < -0.4 is 0 Å². The van der Waals surface area contributed by atoms with Gasteiger partial charge in [-0.2, -0.15) is 0 Å². The minimum Gasteiger partial charge on any atom is -0.0622 e. The van der Waals surface area contributed by atoms with Crippen LogP contribution in [0.4, 0.5) is 0 Å². The van der Waals surface area contributed by atoms with Gasteiger partial charge in [0.05, 0.1) is 0 Å². The first kappa shape index (κ1) is 12.9. The molecule has 0 spiro atoms. The molecule has 1 unspecified atom stereocenters. The van der Waals surface area contributed by atoms with E-state index in [0.29, 0.717) is 5.92 Å². The predicted molar refractivity (Wildman–Crippen MR) is 79.0 cm³/mol. The molecule has 2 rings (SSSR count). The van der Waals surface area contributed by atoms with Gasteiger partial charge in [-0.15, -0.1) is 0 Å². The van der Waals surface area contributed by atoms with Crippen molar-refractivity contribution in [3.8, 4) is 0 Å². The zero-order chi connectivity index (χ0) is 12.8. The Morgan fingerprint density at radius 2 is 1.44 bits per heavy atom. The van der Waals surface area contributed by atoms with Crippen LogP contribution in [0.2, 0.25) is 0 Å². The topological polar surface area (TPSA) is 0 Å². The Balaban J connectivity index is 1.99. The maximum absolute atomic E-state index is 2.32. The van der Waals surface area contributed by atoms with Gasteiger partial charge >= 0.3 is 0 Å². The Hall–Kier alpha value is -1.56. The first-order valence-electron chi connectivity index (χ1n) is 6.93. The molecule has 0 aliphatic carbocycles. The summed E-state index contributed by atoms with van der Waals surface area (Å²) in [6.45, 7) is 4.56. The summed E-state index contributed by atoms with van der Waals surface area (Å²) in [6.07, 6.45) is 3.54. The summed E-state index contributed by atoms with van der Waals surface area (Å²) >= 11 is 0. The van der Waals surface area contributed by atoms with Crippen LogP contribution in [-0.2, 0) is 12.8 Å². The average molecular weight is 238 g/mol. The van der Waals surface area contributed by atoms with Crippen LogP contribution in [0, 0.1) is 0 Å². The van der Waals surface area contributed by atoms with Crippen LogP contribution in [-0.4, -0.2) is 0 Å². The van der Waals surface area contributed by atoms with Gasteiger partial charge in [-0.1, -0.05) is 68.4 Å². The highest BCUT2D eigenvalue weighted by Gasteiger charge is 2.06. The van der Waals surface area contributed by atoms with Crippen LogP contribution in [0.15, 0.2) is 54.6 Å². The quantitative estimate of drug-likeness (QED) is 0.688. The van der Waals surface area contributed by atoms with E-state index in [1.807, 2.05) is 0 Å². The highest BCUT2D eigenvalue weighted by atomic mass is 14.1. The largest absolute Gasteiger partial charge is 0.0622 e. The zero-order valence-electron chi connectivity index (χ0n) is 11.4. The Morgan fingerprint density at radius 3 is 2.11 bits per heavy atom. The van der Waals surface area contributed by atoms with Gasteiger partial charge in [0, 0.05) is 0 Å². The Bertz CT molecular complexity index is 470. The van der Waals surface area contributed by atoms with E-state index in [9.17, 15) is 0 Å². The maximum Gasteiger partial charge on any atom is -0.0187 e. The summed E-state index contributed by atoms with van der Waals surface area (Å²) in [7, 11) is 0. The van der Waals surface area contributed by atoms with E-state index in [1.54, 1.807) is 0 Å². The molecule has 94 valence electrons. The van der Waals surface area contributed by atoms with E-state index in [0.717, 1.165) is 6.42 Å². The highest BCUT2D eigenvalue weighted by molar-refractivity contribution is 5.28. The van der Waals surface area contributed by atoms with Crippen molar-refractivity contribution in [1.29, 1.82) is 0 Å². The van der Waals surface area contributed by atoms with Crippen LogP contribution in [0.5, 0.6) is 0 Å². The summed E-state index contributed by atoms with van der Waals surface area (Å²) in [4.78, 5) is 0. The molecular weight excluding hydrogens is 216 g/mol. The Kier molecular flexibility index (Phi) is 4.58. The second-order valence-corrected chi connectivity index (χ2v) is 4.97. The van der Waals surface area contributed by atoms with Crippen molar-refractivity contribution in [1.82, 2.24) is 0 Å². The van der Waals surface area contributed by atoms with E-state index < -0.39 is 0 Å². The Morgan fingerprint density at radius 1 is 0.833 bits per heavy atom. The third-order valence-corrected chi connectivity index (χ3v) is 3.71. The van der Waals surface area contributed by atoms with Crippen molar-refractivity contribution in [2.75, 3.05) is 0 Å². The lowest BCUT2D eigenvalue weighted by Crippen LogP contribution is -1.98. The lowest BCUT2D eigenvalue weighted by molar-refractivity contribution is 0.676. The van der Waals surface area contributed by atoms with Crippen molar-refractivity contribution in [3.63, 3.8) is 0 Å². The van der Waals surface area contributed by atoms with Crippen LogP contribution in [0.25, 0.3) is 0 Å². The molecule has 0 saturated carbocycles. The van der Waals surface area contributed by atoms with E-state index in [-0.39, 0.29) is 0 Å². The van der Waals surface area contributed by atoms with Gasteiger partial charge in [0.2, 0.25) is 0 Å². The predicted octanol–water partition coefficient (Wildman–Crippen LogP) is 4.99. The third-order valence-electron chi connectivity index (χ3n) is 3.71. The van der Waals surface area contributed by atoms with Crippen molar-refractivity contribution in [2.24, 2.45) is 0 Å². The zero-order valence-corrected chi connectivity index (χ0v) is 11.4. The van der Waals surface area contributed by atoms with Gasteiger partial charge in [0.25, 0.3) is 0 Å². The number of aryl methyl sites for hydroxylation is 2. The molecule has 0 bridgehead atoms. The maximum atomic E-state index is 2.32. The standard InChI is InChI=1S/C18H22/c1-3-16-9-7-8-12-18(16)14-13-15(2)17-10-5-4-6-11-17/h4-12,15H,3,13-14H2,1-2H3. The van der Waals surface area contributed by atoms with Crippen LogP contribution in [0.3, 0.4) is 0 Å². The molecular formula is C18H22. The first-order chi connectivity index (χ1) is 8.81. The normalized spacial score (nSPS) is 12.3. The molecule has 0 saturated heterocycles. The molecule has 0 amide bonds.